The highest BCUT2D eigenvalue weighted by Crippen LogP contribution is 2.44. The summed E-state index contributed by atoms with van der Waals surface area (Å²) in [4.78, 5) is 25.4. The molecule has 0 saturated carbocycles. The Bertz CT molecular complexity index is 1350. The molecule has 1 aliphatic heterocycles. The number of ketones is 1. The van der Waals surface area contributed by atoms with Crippen LogP contribution in [-0.2, 0) is 9.59 Å². The zero-order valence-corrected chi connectivity index (χ0v) is 18.6. The fourth-order valence-corrected chi connectivity index (χ4v) is 5.24. The van der Waals surface area contributed by atoms with E-state index >= 15 is 0 Å². The van der Waals surface area contributed by atoms with Gasteiger partial charge in [-0.3, -0.25) is 9.59 Å². The number of amides is 1. The number of dihydropyridines is 1. The summed E-state index contributed by atoms with van der Waals surface area (Å²) in [5, 5.41) is 18.9. The second kappa shape index (κ2) is 9.00. The quantitative estimate of drug-likeness (QED) is 0.547. The van der Waals surface area contributed by atoms with Gasteiger partial charge in [-0.25, -0.2) is 0 Å². The summed E-state index contributed by atoms with van der Waals surface area (Å²) in [5.41, 5.74) is 2.56. The van der Waals surface area contributed by atoms with E-state index in [2.05, 4.69) is 16.7 Å². The topological polar surface area (TPSA) is 95.1 Å². The van der Waals surface area contributed by atoms with Gasteiger partial charge >= 0.3 is 0 Å². The third kappa shape index (κ3) is 4.18. The number of hydrogen-bond donors (Lipinski definition) is 2. The van der Waals surface area contributed by atoms with Crippen LogP contribution >= 0.6 is 11.8 Å². The molecule has 0 unspecified atom stereocenters. The first-order valence-corrected chi connectivity index (χ1v) is 11.7. The molecule has 2 aliphatic rings. The number of allylic oxidation sites excluding steroid dienone is 3. The molecule has 1 aliphatic carbocycles. The second-order valence-corrected chi connectivity index (χ2v) is 8.98. The third-order valence-electron chi connectivity index (χ3n) is 5.87. The Balaban J connectivity index is 1.36. The van der Waals surface area contributed by atoms with Gasteiger partial charge in [-0.2, -0.15) is 5.26 Å². The number of nitrogens with zero attached hydrogens (tertiary/aromatic N) is 1. The van der Waals surface area contributed by atoms with Crippen LogP contribution in [0.4, 0.5) is 5.69 Å². The molecule has 0 spiro atoms. The lowest BCUT2D eigenvalue weighted by Crippen LogP contribution is -2.31. The van der Waals surface area contributed by atoms with Crippen LogP contribution in [0.3, 0.4) is 0 Å². The number of nitrogens with one attached hydrogen (secondary N) is 2. The van der Waals surface area contributed by atoms with Crippen LogP contribution in [0, 0.1) is 11.3 Å². The predicted octanol–water partition coefficient (Wildman–Crippen LogP) is 5.23. The Labute approximate surface area is 195 Å². The number of furan rings is 1. The summed E-state index contributed by atoms with van der Waals surface area (Å²) in [6.07, 6.45) is 3.50. The van der Waals surface area contributed by atoms with E-state index in [0.29, 0.717) is 28.4 Å². The molecular weight excluding hydrogens is 434 g/mol. The SMILES string of the molecule is N#CC1=C(SCC(=O)Nc2ccc3ccccc3c2)NC2=C(C(=O)CCC2)[C@H]1c1ccco1. The van der Waals surface area contributed by atoms with E-state index in [1.165, 1.54) is 11.8 Å². The molecular formula is C26H21N3O3S. The van der Waals surface area contributed by atoms with Gasteiger partial charge in [0.1, 0.15) is 5.76 Å². The summed E-state index contributed by atoms with van der Waals surface area (Å²) in [7, 11) is 0. The summed E-state index contributed by atoms with van der Waals surface area (Å²) in [5.74, 6) is 0.0171. The summed E-state index contributed by atoms with van der Waals surface area (Å²) < 4.78 is 5.60. The van der Waals surface area contributed by atoms with Gasteiger partial charge in [0.2, 0.25) is 5.91 Å². The van der Waals surface area contributed by atoms with Crippen molar-refractivity contribution in [2.75, 3.05) is 11.1 Å². The number of nitriles is 1. The van der Waals surface area contributed by atoms with Crippen LogP contribution in [-0.4, -0.2) is 17.4 Å². The minimum absolute atomic E-state index is 0.0380. The van der Waals surface area contributed by atoms with Gasteiger partial charge in [0.05, 0.1) is 34.6 Å². The number of benzene rings is 2. The second-order valence-electron chi connectivity index (χ2n) is 8.00. The first-order chi connectivity index (χ1) is 16.1. The Morgan fingerprint density at radius 2 is 2.00 bits per heavy atom. The van der Waals surface area contributed by atoms with Gasteiger partial charge < -0.3 is 15.1 Å². The highest BCUT2D eigenvalue weighted by Gasteiger charge is 2.38. The summed E-state index contributed by atoms with van der Waals surface area (Å²) in [6.45, 7) is 0. The lowest BCUT2D eigenvalue weighted by molar-refractivity contribution is -0.116. The number of rotatable bonds is 5. The smallest absolute Gasteiger partial charge is 0.234 e. The lowest BCUT2D eigenvalue weighted by atomic mass is 9.79. The van der Waals surface area contributed by atoms with E-state index in [1.807, 2.05) is 42.5 Å². The van der Waals surface area contributed by atoms with Gasteiger partial charge in [-0.05, 0) is 47.9 Å². The number of carbonyl (C=O) groups is 2. The van der Waals surface area contributed by atoms with E-state index in [9.17, 15) is 14.9 Å². The fraction of sp³-hybridized carbons (Fsp3) is 0.192. The molecule has 0 saturated heterocycles. The normalized spacial score (nSPS) is 18.0. The predicted molar refractivity (Wildman–Crippen MR) is 128 cm³/mol. The molecule has 2 heterocycles. The standard InChI is InChI=1S/C26H21N3O3S/c27-14-19-24(22-9-4-12-32-22)25-20(7-3-8-21(25)30)29-26(19)33-15-23(31)28-18-11-10-16-5-1-2-6-17(16)13-18/h1-2,4-6,9-13,24,29H,3,7-8,15H2,(H,28,31)/t24-/m1/s1. The van der Waals surface area contributed by atoms with Crippen molar-refractivity contribution in [1.29, 1.82) is 5.26 Å². The monoisotopic (exact) mass is 455 g/mol. The number of anilines is 1. The van der Waals surface area contributed by atoms with E-state index < -0.39 is 5.92 Å². The van der Waals surface area contributed by atoms with Crippen molar-refractivity contribution in [2.45, 2.75) is 25.2 Å². The zero-order chi connectivity index (χ0) is 22.8. The maximum atomic E-state index is 12.7. The molecule has 1 atom stereocenters. The molecule has 3 aromatic rings. The molecule has 2 N–H and O–H groups in total. The third-order valence-corrected chi connectivity index (χ3v) is 6.89. The fourth-order valence-electron chi connectivity index (χ4n) is 4.38. The van der Waals surface area contributed by atoms with E-state index in [0.717, 1.165) is 35.0 Å². The van der Waals surface area contributed by atoms with Crippen LogP contribution in [0.2, 0.25) is 0 Å². The average molecular weight is 456 g/mol. The molecule has 0 radical (unpaired) electrons. The molecule has 0 fully saturated rings. The lowest BCUT2D eigenvalue weighted by Gasteiger charge is -2.32. The molecule has 164 valence electrons. The highest BCUT2D eigenvalue weighted by molar-refractivity contribution is 8.03. The highest BCUT2D eigenvalue weighted by atomic mass is 32.2. The van der Waals surface area contributed by atoms with Crippen molar-refractivity contribution in [3.63, 3.8) is 0 Å². The molecule has 5 rings (SSSR count). The number of hydrogen-bond acceptors (Lipinski definition) is 6. The van der Waals surface area contributed by atoms with Crippen molar-refractivity contribution in [3.8, 4) is 6.07 Å². The number of Topliss-reactive ketones (excluding diaryl/α,β-unsaturated/α-hetero) is 1. The molecule has 1 amide bonds. The Hall–Kier alpha value is -3.76. The minimum Gasteiger partial charge on any atom is -0.468 e. The van der Waals surface area contributed by atoms with E-state index in [4.69, 9.17) is 4.42 Å². The first kappa shape index (κ1) is 21.1. The van der Waals surface area contributed by atoms with Crippen molar-refractivity contribution >= 4 is 39.9 Å². The van der Waals surface area contributed by atoms with E-state index in [1.54, 1.807) is 18.4 Å². The van der Waals surface area contributed by atoms with Crippen molar-refractivity contribution in [3.05, 3.63) is 88.5 Å². The average Bonchev–Trinajstić information content (AvgIpc) is 3.36. The van der Waals surface area contributed by atoms with Gasteiger partial charge in [-0.15, -0.1) is 0 Å². The number of carbonyl (C=O) groups excluding carboxylic acids is 2. The zero-order valence-electron chi connectivity index (χ0n) is 17.8. The molecule has 0 bridgehead atoms. The minimum atomic E-state index is -0.542. The molecule has 33 heavy (non-hydrogen) atoms. The van der Waals surface area contributed by atoms with Crippen molar-refractivity contribution in [2.24, 2.45) is 0 Å². The molecule has 7 heteroatoms. The van der Waals surface area contributed by atoms with Crippen molar-refractivity contribution in [1.82, 2.24) is 5.32 Å². The molecule has 2 aromatic carbocycles. The Morgan fingerprint density at radius 3 is 2.79 bits per heavy atom. The first-order valence-electron chi connectivity index (χ1n) is 10.8. The molecule has 6 nitrogen and oxygen atoms in total. The number of fused-ring (bicyclic) bond motifs is 1. The summed E-state index contributed by atoms with van der Waals surface area (Å²) in [6, 6.07) is 19.5. The van der Waals surface area contributed by atoms with Gasteiger partial charge in [0.25, 0.3) is 0 Å². The van der Waals surface area contributed by atoms with Gasteiger partial charge in [0, 0.05) is 23.4 Å². The molecule has 1 aromatic heterocycles. The van der Waals surface area contributed by atoms with Gasteiger partial charge in [-0.1, -0.05) is 42.1 Å². The van der Waals surface area contributed by atoms with E-state index in [-0.39, 0.29) is 17.4 Å². The maximum absolute atomic E-state index is 12.7. The van der Waals surface area contributed by atoms with Crippen LogP contribution in [0.25, 0.3) is 10.8 Å². The summed E-state index contributed by atoms with van der Waals surface area (Å²) >= 11 is 1.27. The largest absolute Gasteiger partial charge is 0.468 e. The number of thioether (sulfide) groups is 1. The van der Waals surface area contributed by atoms with Crippen LogP contribution in [0.15, 0.2) is 87.1 Å². The van der Waals surface area contributed by atoms with Crippen LogP contribution in [0.1, 0.15) is 30.9 Å². The van der Waals surface area contributed by atoms with Crippen LogP contribution in [0.5, 0.6) is 0 Å². The Kier molecular flexibility index (Phi) is 5.76. The maximum Gasteiger partial charge on any atom is 0.234 e. The van der Waals surface area contributed by atoms with Crippen molar-refractivity contribution < 1.29 is 14.0 Å². The Morgan fingerprint density at radius 1 is 1.15 bits per heavy atom. The van der Waals surface area contributed by atoms with Gasteiger partial charge in [0.15, 0.2) is 5.78 Å². The van der Waals surface area contributed by atoms with Crippen LogP contribution < -0.4 is 10.6 Å².